The molecule has 2 rings (SSSR count). The molecule has 0 fully saturated rings. The third-order valence-corrected chi connectivity index (χ3v) is 4.75. The summed E-state index contributed by atoms with van der Waals surface area (Å²) < 4.78 is 11.9. The van der Waals surface area contributed by atoms with E-state index in [0.717, 1.165) is 5.56 Å². The summed E-state index contributed by atoms with van der Waals surface area (Å²) >= 11 is 0. The third-order valence-electron chi connectivity index (χ3n) is 4.75. The lowest BCUT2D eigenvalue weighted by Crippen LogP contribution is -2.38. The molecule has 0 radical (unpaired) electrons. The lowest BCUT2D eigenvalue weighted by atomic mass is 9.95. The highest BCUT2D eigenvalue weighted by atomic mass is 16.7. The van der Waals surface area contributed by atoms with Gasteiger partial charge >= 0.3 is 0 Å². The van der Waals surface area contributed by atoms with Gasteiger partial charge < -0.3 is 19.4 Å². The number of hydrogen-bond donors (Lipinski definition) is 1. The van der Waals surface area contributed by atoms with Crippen LogP contribution in [0, 0.1) is 11.8 Å². The molecule has 5 heteroatoms. The number of hydrogen-bond acceptors (Lipinski definition) is 5. The summed E-state index contributed by atoms with van der Waals surface area (Å²) in [5.74, 6) is 0.422. The van der Waals surface area contributed by atoms with Gasteiger partial charge in [-0.25, -0.2) is 0 Å². The van der Waals surface area contributed by atoms with Crippen LogP contribution < -0.4 is 0 Å². The minimum Gasteiger partial charge on any atom is -0.394 e. The van der Waals surface area contributed by atoms with E-state index in [0.29, 0.717) is 18.9 Å². The fourth-order valence-corrected chi connectivity index (χ4v) is 3.26. The van der Waals surface area contributed by atoms with E-state index < -0.39 is 12.2 Å². The monoisotopic (exact) mass is 387 g/mol. The average molecular weight is 388 g/mol. The first kappa shape index (κ1) is 22.3. The molecule has 28 heavy (non-hydrogen) atoms. The zero-order chi connectivity index (χ0) is 20.4. The lowest BCUT2D eigenvalue weighted by Gasteiger charge is -2.29. The van der Waals surface area contributed by atoms with Gasteiger partial charge in [0.2, 0.25) is 0 Å². The summed E-state index contributed by atoms with van der Waals surface area (Å²) in [6.45, 7) is 10.5. The molecule has 0 bridgehead atoms. The van der Waals surface area contributed by atoms with Crippen LogP contribution in [-0.4, -0.2) is 42.3 Å². The molecule has 0 aromatic heterocycles. The maximum Gasteiger partial charge on any atom is 0.174 e. The number of benzene rings is 1. The molecule has 5 nitrogen and oxygen atoms in total. The van der Waals surface area contributed by atoms with Gasteiger partial charge in [0.1, 0.15) is 6.10 Å². The zero-order valence-electron chi connectivity index (χ0n) is 17.1. The molecule has 1 aromatic rings. The normalized spacial score (nSPS) is 24.4. The van der Waals surface area contributed by atoms with E-state index in [9.17, 15) is 5.11 Å². The van der Waals surface area contributed by atoms with Crippen molar-refractivity contribution in [1.29, 1.82) is 0 Å². The predicted molar refractivity (Wildman–Crippen MR) is 112 cm³/mol. The zero-order valence-corrected chi connectivity index (χ0v) is 17.1. The number of oxime groups is 1. The fourth-order valence-electron chi connectivity index (χ4n) is 3.26. The van der Waals surface area contributed by atoms with Gasteiger partial charge in [-0.05, 0) is 24.0 Å². The minimum atomic E-state index is -0.433. The Bertz CT molecular complexity index is 629. The highest BCUT2D eigenvalue weighted by Gasteiger charge is 2.28. The van der Waals surface area contributed by atoms with Crippen molar-refractivity contribution in [3.63, 3.8) is 0 Å². The van der Waals surface area contributed by atoms with Gasteiger partial charge in [0.15, 0.2) is 6.10 Å². The second kappa shape index (κ2) is 11.8. The highest BCUT2D eigenvalue weighted by Crippen LogP contribution is 2.20. The molecule has 0 saturated heterocycles. The van der Waals surface area contributed by atoms with Crippen LogP contribution in [0.25, 0.3) is 0 Å². The van der Waals surface area contributed by atoms with E-state index >= 15 is 0 Å². The van der Waals surface area contributed by atoms with Gasteiger partial charge in [0.05, 0.1) is 25.4 Å². The summed E-state index contributed by atoms with van der Waals surface area (Å²) in [6, 6.07) is 10.1. The molecule has 0 spiro atoms. The van der Waals surface area contributed by atoms with Crippen LogP contribution >= 0.6 is 0 Å². The first-order chi connectivity index (χ1) is 13.5. The quantitative estimate of drug-likeness (QED) is 0.352. The van der Waals surface area contributed by atoms with Crippen molar-refractivity contribution in [3.8, 4) is 0 Å². The van der Waals surface area contributed by atoms with E-state index in [1.165, 1.54) is 0 Å². The Labute approximate surface area is 168 Å². The Balaban J connectivity index is 1.89. The van der Waals surface area contributed by atoms with Crippen molar-refractivity contribution < 1.29 is 19.4 Å². The minimum absolute atomic E-state index is 0.0244. The van der Waals surface area contributed by atoms with Gasteiger partial charge in [-0.3, -0.25) is 0 Å². The first-order valence-electron chi connectivity index (χ1n) is 9.95. The van der Waals surface area contributed by atoms with Crippen molar-refractivity contribution in [1.82, 2.24) is 0 Å². The largest absolute Gasteiger partial charge is 0.394 e. The molecule has 1 aliphatic heterocycles. The Morgan fingerprint density at radius 3 is 2.61 bits per heavy atom. The topological polar surface area (TPSA) is 60.3 Å². The molecule has 5 atom stereocenters. The van der Waals surface area contributed by atoms with Crippen molar-refractivity contribution >= 4 is 6.21 Å². The molecule has 1 N–H and O–H groups in total. The molecule has 0 amide bonds. The first-order valence-corrected chi connectivity index (χ1v) is 9.95. The summed E-state index contributed by atoms with van der Waals surface area (Å²) in [6.07, 6.45) is 7.21. The Hall–Kier alpha value is -1.95. The smallest absolute Gasteiger partial charge is 0.174 e. The Kier molecular flexibility index (Phi) is 9.41. The maximum absolute atomic E-state index is 9.56. The van der Waals surface area contributed by atoms with Crippen LogP contribution in [-0.2, 0) is 20.9 Å². The van der Waals surface area contributed by atoms with Crippen LogP contribution in [0.5, 0.6) is 0 Å². The number of ether oxygens (including phenoxy) is 2. The maximum atomic E-state index is 9.56. The molecular weight excluding hydrogens is 354 g/mol. The van der Waals surface area contributed by atoms with Crippen molar-refractivity contribution in [2.45, 2.75) is 58.2 Å². The number of nitrogens with zero attached hydrogens (tertiary/aromatic N) is 1. The van der Waals surface area contributed by atoms with Gasteiger partial charge in [0, 0.05) is 12.1 Å². The van der Waals surface area contributed by atoms with E-state index in [1.54, 1.807) is 12.3 Å². The second-order valence-corrected chi connectivity index (χ2v) is 7.49. The van der Waals surface area contributed by atoms with Gasteiger partial charge in [-0.1, -0.05) is 68.4 Å². The molecule has 1 heterocycles. The van der Waals surface area contributed by atoms with Crippen LogP contribution in [0.1, 0.15) is 32.8 Å². The van der Waals surface area contributed by atoms with Crippen LogP contribution in [0.4, 0.5) is 0 Å². The van der Waals surface area contributed by atoms with Gasteiger partial charge in [-0.2, -0.15) is 0 Å². The van der Waals surface area contributed by atoms with E-state index in [4.69, 9.17) is 14.3 Å². The fraction of sp³-hybridized carbons (Fsp3) is 0.522. The number of aliphatic hydroxyl groups is 1. The summed E-state index contributed by atoms with van der Waals surface area (Å²) in [5.41, 5.74) is 1.15. The molecule has 154 valence electrons. The second-order valence-electron chi connectivity index (χ2n) is 7.49. The van der Waals surface area contributed by atoms with E-state index in [2.05, 4.69) is 44.6 Å². The molecule has 0 aliphatic carbocycles. The van der Waals surface area contributed by atoms with E-state index in [-0.39, 0.29) is 24.7 Å². The number of aliphatic hydroxyl groups excluding tert-OH is 1. The Morgan fingerprint density at radius 2 is 1.96 bits per heavy atom. The van der Waals surface area contributed by atoms with Crippen molar-refractivity contribution in [2.24, 2.45) is 17.0 Å². The Morgan fingerprint density at radius 1 is 1.21 bits per heavy atom. The SMILES string of the molecule is C=CC[C@@H]1C=C[C@H](ON=C[C@@H](C)[C@H](OCc2ccccc2)C(C)C)[C@@H](CO)O1. The molecule has 0 unspecified atom stereocenters. The standard InChI is InChI=1S/C23H33NO4/c1-5-9-20-12-13-21(22(15-25)27-20)28-24-14-18(4)23(17(2)3)26-16-19-10-7-6-8-11-19/h5-8,10-14,17-18,20-23,25H,1,9,15-16H2,2-4H3/t18-,20-,21+,22-,23-/m1/s1. The van der Waals surface area contributed by atoms with Crippen molar-refractivity contribution in [3.05, 3.63) is 60.7 Å². The van der Waals surface area contributed by atoms with Crippen molar-refractivity contribution in [2.75, 3.05) is 6.61 Å². The third kappa shape index (κ3) is 6.89. The summed E-state index contributed by atoms with van der Waals surface area (Å²) in [5, 5.41) is 13.7. The van der Waals surface area contributed by atoms with E-state index in [1.807, 2.05) is 30.4 Å². The molecule has 1 aromatic carbocycles. The molecule has 1 aliphatic rings. The average Bonchev–Trinajstić information content (AvgIpc) is 2.69. The number of rotatable bonds is 11. The summed E-state index contributed by atoms with van der Waals surface area (Å²) in [4.78, 5) is 5.59. The predicted octanol–water partition coefficient (Wildman–Crippen LogP) is 4.13. The summed E-state index contributed by atoms with van der Waals surface area (Å²) in [7, 11) is 0. The molecule has 0 saturated carbocycles. The van der Waals surface area contributed by atoms with Crippen LogP contribution in [0.15, 0.2) is 60.3 Å². The van der Waals surface area contributed by atoms with Crippen LogP contribution in [0.3, 0.4) is 0 Å². The van der Waals surface area contributed by atoms with Gasteiger partial charge in [0.25, 0.3) is 0 Å². The van der Waals surface area contributed by atoms with Crippen LogP contribution in [0.2, 0.25) is 0 Å². The van der Waals surface area contributed by atoms with Gasteiger partial charge in [-0.15, -0.1) is 6.58 Å². The molecular formula is C23H33NO4. The lowest BCUT2D eigenvalue weighted by molar-refractivity contribution is -0.100. The highest BCUT2D eigenvalue weighted by molar-refractivity contribution is 5.60.